The summed E-state index contributed by atoms with van der Waals surface area (Å²) in [5.41, 5.74) is 8.07. The zero-order valence-corrected chi connectivity index (χ0v) is 20.4. The zero-order valence-electron chi connectivity index (χ0n) is 20.4. The number of nitrogens with one attached hydrogen (secondary N) is 3. The van der Waals surface area contributed by atoms with E-state index >= 15 is 0 Å². The topological polar surface area (TPSA) is 95.6 Å². The SMILES string of the molecule is Cc1cccc(-c2[nH]cnc2-c2ccc3ncc(C4=CC[C@@H](NC(=O)[C@@H]5CCCN5)CC4)cc3c2)n1. The van der Waals surface area contributed by atoms with E-state index < -0.39 is 0 Å². The third-order valence-electron chi connectivity index (χ3n) is 7.24. The number of H-pyrrole nitrogens is 1. The number of rotatable bonds is 5. The molecule has 0 radical (unpaired) electrons. The zero-order chi connectivity index (χ0) is 24.5. The maximum Gasteiger partial charge on any atom is 0.237 e. The predicted molar refractivity (Wildman–Crippen MR) is 142 cm³/mol. The Bertz CT molecular complexity index is 1450. The number of pyridine rings is 2. The van der Waals surface area contributed by atoms with Crippen LogP contribution in [-0.4, -0.2) is 44.5 Å². The molecular weight excluding hydrogens is 448 g/mol. The maximum atomic E-state index is 12.5. The van der Waals surface area contributed by atoms with Gasteiger partial charge in [0.25, 0.3) is 0 Å². The van der Waals surface area contributed by atoms with Crippen LogP contribution in [0.15, 0.2) is 61.1 Å². The van der Waals surface area contributed by atoms with Crippen molar-refractivity contribution < 1.29 is 4.79 Å². The Labute approximate surface area is 210 Å². The van der Waals surface area contributed by atoms with Gasteiger partial charge in [0, 0.05) is 28.9 Å². The minimum Gasteiger partial charge on any atom is -0.352 e. The van der Waals surface area contributed by atoms with Gasteiger partial charge in [0.2, 0.25) is 5.91 Å². The molecule has 0 saturated carbocycles. The second-order valence-corrected chi connectivity index (χ2v) is 9.78. The fourth-order valence-corrected chi connectivity index (χ4v) is 5.28. The Kier molecular flexibility index (Phi) is 6.07. The van der Waals surface area contributed by atoms with Gasteiger partial charge in [-0.2, -0.15) is 0 Å². The molecule has 0 unspecified atom stereocenters. The lowest BCUT2D eigenvalue weighted by Gasteiger charge is -2.24. The van der Waals surface area contributed by atoms with Crippen LogP contribution in [0.1, 0.15) is 43.4 Å². The van der Waals surface area contributed by atoms with Gasteiger partial charge in [-0.3, -0.25) is 14.8 Å². The number of benzene rings is 1. The van der Waals surface area contributed by atoms with E-state index in [9.17, 15) is 4.79 Å². The van der Waals surface area contributed by atoms with E-state index in [1.54, 1.807) is 6.33 Å². The highest BCUT2D eigenvalue weighted by molar-refractivity contribution is 5.89. The van der Waals surface area contributed by atoms with E-state index in [2.05, 4.69) is 55.9 Å². The predicted octanol–water partition coefficient (Wildman–Crippen LogP) is 4.80. The summed E-state index contributed by atoms with van der Waals surface area (Å²) in [7, 11) is 0. The van der Waals surface area contributed by atoms with E-state index in [1.165, 1.54) is 5.57 Å². The second kappa shape index (κ2) is 9.66. The first-order valence-corrected chi connectivity index (χ1v) is 12.7. The van der Waals surface area contributed by atoms with E-state index in [4.69, 9.17) is 4.98 Å². The lowest BCUT2D eigenvalue weighted by Crippen LogP contribution is -2.45. The third-order valence-corrected chi connectivity index (χ3v) is 7.24. The summed E-state index contributed by atoms with van der Waals surface area (Å²) in [6.07, 6.45) is 10.7. The summed E-state index contributed by atoms with van der Waals surface area (Å²) in [5, 5.41) is 7.60. The second-order valence-electron chi connectivity index (χ2n) is 9.78. The molecule has 6 rings (SSSR count). The number of amides is 1. The minimum atomic E-state index is -0.0222. The first kappa shape index (κ1) is 22.6. The van der Waals surface area contributed by atoms with Crippen molar-refractivity contribution in [3.8, 4) is 22.6 Å². The summed E-state index contributed by atoms with van der Waals surface area (Å²) in [6.45, 7) is 2.93. The number of nitrogens with zero attached hydrogens (tertiary/aromatic N) is 3. The van der Waals surface area contributed by atoms with Gasteiger partial charge in [-0.15, -0.1) is 0 Å². The minimum absolute atomic E-state index is 0.0222. The van der Waals surface area contributed by atoms with Gasteiger partial charge in [-0.1, -0.05) is 18.2 Å². The van der Waals surface area contributed by atoms with Crippen molar-refractivity contribution in [2.45, 2.75) is 51.1 Å². The molecular formula is C29H30N6O. The fourth-order valence-electron chi connectivity index (χ4n) is 5.28. The fraction of sp³-hybridized carbons (Fsp3) is 0.310. The highest BCUT2D eigenvalue weighted by atomic mass is 16.2. The molecule has 1 amide bonds. The number of fused-ring (bicyclic) bond motifs is 1. The number of allylic oxidation sites excluding steroid dienone is 1. The Morgan fingerprint density at radius 1 is 1.08 bits per heavy atom. The van der Waals surface area contributed by atoms with Crippen LogP contribution in [0.25, 0.3) is 39.1 Å². The normalized spacial score (nSPS) is 19.9. The van der Waals surface area contributed by atoms with Crippen molar-refractivity contribution in [2.24, 2.45) is 0 Å². The van der Waals surface area contributed by atoms with Crippen LogP contribution >= 0.6 is 0 Å². The van der Waals surface area contributed by atoms with Gasteiger partial charge in [0.1, 0.15) is 0 Å². The number of aromatic amines is 1. The molecule has 1 fully saturated rings. The highest BCUT2D eigenvalue weighted by Gasteiger charge is 2.25. The summed E-state index contributed by atoms with van der Waals surface area (Å²) < 4.78 is 0. The molecule has 3 N–H and O–H groups in total. The number of aromatic nitrogens is 4. The van der Waals surface area contributed by atoms with Crippen LogP contribution in [0.2, 0.25) is 0 Å². The van der Waals surface area contributed by atoms with Crippen molar-refractivity contribution in [3.05, 3.63) is 72.3 Å². The first-order chi connectivity index (χ1) is 17.6. The maximum absolute atomic E-state index is 12.5. The average Bonchev–Trinajstić information content (AvgIpc) is 3.61. The molecule has 7 nitrogen and oxygen atoms in total. The molecule has 1 aromatic carbocycles. The largest absolute Gasteiger partial charge is 0.352 e. The highest BCUT2D eigenvalue weighted by Crippen LogP contribution is 2.32. The number of hydrogen-bond donors (Lipinski definition) is 3. The number of hydrogen-bond acceptors (Lipinski definition) is 5. The lowest BCUT2D eigenvalue weighted by atomic mass is 9.90. The molecule has 36 heavy (non-hydrogen) atoms. The van der Waals surface area contributed by atoms with Gasteiger partial charge in [0.05, 0.1) is 35.0 Å². The number of carbonyl (C=O) groups excluding carboxylic acids is 1. The first-order valence-electron chi connectivity index (χ1n) is 12.7. The van der Waals surface area contributed by atoms with Crippen molar-refractivity contribution in [1.82, 2.24) is 30.6 Å². The molecule has 2 atom stereocenters. The van der Waals surface area contributed by atoms with Crippen molar-refractivity contribution in [1.29, 1.82) is 0 Å². The number of imidazole rings is 1. The van der Waals surface area contributed by atoms with Crippen molar-refractivity contribution >= 4 is 22.4 Å². The van der Waals surface area contributed by atoms with Crippen LogP contribution in [0.5, 0.6) is 0 Å². The van der Waals surface area contributed by atoms with Crippen LogP contribution in [0.4, 0.5) is 0 Å². The van der Waals surface area contributed by atoms with E-state index in [0.29, 0.717) is 0 Å². The van der Waals surface area contributed by atoms with Crippen molar-refractivity contribution in [3.63, 3.8) is 0 Å². The third kappa shape index (κ3) is 4.54. The van der Waals surface area contributed by atoms with Gasteiger partial charge in [0.15, 0.2) is 0 Å². The standard InChI is InChI=1S/C29H30N6O/c1-18-4-2-5-25(34-18)28-27(32-17-33-28)20-9-12-24-21(14-20)15-22(16-31-24)19-7-10-23(11-8-19)35-29(36)26-6-3-13-30-26/h2,4-5,7,9,12,14-17,23,26,30H,3,6,8,10-11,13H2,1H3,(H,32,33)(H,35,36)/t23-,26+/m1/s1. The van der Waals surface area contributed by atoms with Crippen LogP contribution in [0, 0.1) is 6.92 Å². The Morgan fingerprint density at radius 2 is 2.00 bits per heavy atom. The molecule has 0 spiro atoms. The molecule has 182 valence electrons. The lowest BCUT2D eigenvalue weighted by molar-refractivity contribution is -0.123. The molecule has 4 heterocycles. The molecule has 1 aliphatic carbocycles. The molecule has 1 saturated heterocycles. The van der Waals surface area contributed by atoms with Crippen molar-refractivity contribution in [2.75, 3.05) is 6.54 Å². The molecule has 4 aromatic rings. The quantitative estimate of drug-likeness (QED) is 0.383. The van der Waals surface area contributed by atoms with Crippen LogP contribution in [-0.2, 0) is 4.79 Å². The smallest absolute Gasteiger partial charge is 0.237 e. The van der Waals surface area contributed by atoms with Crippen LogP contribution < -0.4 is 10.6 Å². The van der Waals surface area contributed by atoms with Gasteiger partial charge < -0.3 is 15.6 Å². The van der Waals surface area contributed by atoms with Gasteiger partial charge in [-0.05, 0) is 87.0 Å². The molecule has 2 aliphatic rings. The van der Waals surface area contributed by atoms with E-state index in [1.807, 2.05) is 31.3 Å². The summed E-state index contributed by atoms with van der Waals surface area (Å²) in [5.74, 6) is 0.146. The number of aryl methyl sites for hydroxylation is 1. The van der Waals surface area contributed by atoms with E-state index in [-0.39, 0.29) is 18.0 Å². The molecule has 1 aliphatic heterocycles. The Balaban J connectivity index is 1.23. The molecule has 7 heteroatoms. The van der Waals surface area contributed by atoms with Gasteiger partial charge in [-0.25, -0.2) is 4.98 Å². The number of carbonyl (C=O) groups is 1. The van der Waals surface area contributed by atoms with E-state index in [0.717, 1.165) is 83.5 Å². The van der Waals surface area contributed by atoms with Gasteiger partial charge >= 0.3 is 0 Å². The summed E-state index contributed by atoms with van der Waals surface area (Å²) in [4.78, 5) is 29.7. The average molecular weight is 479 g/mol. The summed E-state index contributed by atoms with van der Waals surface area (Å²) >= 11 is 0. The molecule has 0 bridgehead atoms. The summed E-state index contributed by atoms with van der Waals surface area (Å²) in [6, 6.07) is 14.7. The van der Waals surface area contributed by atoms with Crippen LogP contribution in [0.3, 0.4) is 0 Å². The Morgan fingerprint density at radius 3 is 2.81 bits per heavy atom. The molecule has 3 aromatic heterocycles. The monoisotopic (exact) mass is 478 g/mol. The Hall–Kier alpha value is -3.84.